The second-order valence-corrected chi connectivity index (χ2v) is 5.60. The molecule has 0 bridgehead atoms. The van der Waals surface area contributed by atoms with Crippen LogP contribution in [0, 0.1) is 0 Å². The van der Waals surface area contributed by atoms with Crippen molar-refractivity contribution < 1.29 is 5.11 Å². The zero-order chi connectivity index (χ0) is 14.1. The number of piperidine rings is 1. The Balaban J connectivity index is 2.11. The van der Waals surface area contributed by atoms with E-state index in [0.717, 1.165) is 41.7 Å². The quantitative estimate of drug-likeness (QED) is 0.825. The Morgan fingerprint density at radius 3 is 2.95 bits per heavy atom. The second kappa shape index (κ2) is 5.34. The highest BCUT2D eigenvalue weighted by Crippen LogP contribution is 2.26. The van der Waals surface area contributed by atoms with Gasteiger partial charge in [0.15, 0.2) is 0 Å². The van der Waals surface area contributed by atoms with Crippen LogP contribution in [0.25, 0.3) is 10.9 Å². The fraction of sp³-hybridized carbons (Fsp3) is 0.333. The molecule has 5 heteroatoms. The molecular weight excluding hydrogens is 270 g/mol. The van der Waals surface area contributed by atoms with Crippen molar-refractivity contribution in [1.82, 2.24) is 4.98 Å². The molecule has 1 aromatic heterocycles. The Morgan fingerprint density at radius 2 is 2.20 bits per heavy atom. The molecule has 1 saturated heterocycles. The van der Waals surface area contributed by atoms with Crippen LogP contribution in [0.2, 0.25) is 0 Å². The van der Waals surface area contributed by atoms with E-state index >= 15 is 0 Å². The number of nitrogens with zero attached hydrogens (tertiary/aromatic N) is 2. The predicted molar refractivity (Wildman–Crippen MR) is 85.1 cm³/mol. The highest BCUT2D eigenvalue weighted by atomic mass is 32.1. The van der Waals surface area contributed by atoms with Crippen molar-refractivity contribution in [3.63, 3.8) is 0 Å². The van der Waals surface area contributed by atoms with Gasteiger partial charge in [0.25, 0.3) is 0 Å². The number of rotatable bonds is 2. The number of aliphatic hydroxyl groups excluding tert-OH is 1. The molecule has 2 heterocycles. The fourth-order valence-electron chi connectivity index (χ4n) is 2.68. The number of hydrogen-bond acceptors (Lipinski definition) is 4. The van der Waals surface area contributed by atoms with Crippen LogP contribution >= 0.6 is 12.2 Å². The monoisotopic (exact) mass is 287 g/mol. The molecule has 2 aromatic rings. The first kappa shape index (κ1) is 13.3. The molecule has 4 nitrogen and oxygen atoms in total. The summed E-state index contributed by atoms with van der Waals surface area (Å²) in [6.45, 7) is 1.46. The Morgan fingerprint density at radius 1 is 1.40 bits per heavy atom. The standard InChI is InChI=1S/C15H17N3OS/c16-14(20)12-8-10-4-1-2-6-13(10)17-15(12)18-7-3-5-11(19)9-18/h1-2,4,6,8,11,19H,3,5,7,9H2,(H2,16,20). The molecule has 20 heavy (non-hydrogen) atoms. The van der Waals surface area contributed by atoms with Crippen LogP contribution in [-0.4, -0.2) is 34.3 Å². The highest BCUT2D eigenvalue weighted by molar-refractivity contribution is 7.80. The summed E-state index contributed by atoms with van der Waals surface area (Å²) in [5.74, 6) is 0.787. The molecule has 0 spiro atoms. The molecule has 0 saturated carbocycles. The first-order valence-corrected chi connectivity index (χ1v) is 7.18. The maximum Gasteiger partial charge on any atom is 0.139 e. The number of para-hydroxylation sites is 1. The highest BCUT2D eigenvalue weighted by Gasteiger charge is 2.22. The molecule has 104 valence electrons. The second-order valence-electron chi connectivity index (χ2n) is 5.16. The van der Waals surface area contributed by atoms with E-state index in [1.807, 2.05) is 30.3 Å². The Kier molecular flexibility index (Phi) is 3.54. The topological polar surface area (TPSA) is 62.4 Å². The van der Waals surface area contributed by atoms with Crippen LogP contribution < -0.4 is 10.6 Å². The summed E-state index contributed by atoms with van der Waals surface area (Å²) in [6, 6.07) is 9.89. The smallest absolute Gasteiger partial charge is 0.139 e. The number of β-amino-alcohol motifs (C(OH)–C–C–N with tert-alkyl or cyclic N) is 1. The SMILES string of the molecule is NC(=S)c1cc2ccccc2nc1N1CCCC(O)C1. The molecular formula is C15H17N3OS. The van der Waals surface area contributed by atoms with E-state index in [1.165, 1.54) is 0 Å². The van der Waals surface area contributed by atoms with Gasteiger partial charge in [0.2, 0.25) is 0 Å². The van der Waals surface area contributed by atoms with Gasteiger partial charge >= 0.3 is 0 Å². The van der Waals surface area contributed by atoms with Crippen LogP contribution in [0.15, 0.2) is 30.3 Å². The number of fused-ring (bicyclic) bond motifs is 1. The van der Waals surface area contributed by atoms with Gasteiger partial charge < -0.3 is 15.7 Å². The molecule has 0 radical (unpaired) electrons. The molecule has 1 fully saturated rings. The summed E-state index contributed by atoms with van der Waals surface area (Å²) in [7, 11) is 0. The third kappa shape index (κ3) is 2.46. The molecule has 3 rings (SSSR count). The molecule has 1 aliphatic rings. The summed E-state index contributed by atoms with van der Waals surface area (Å²) in [6.07, 6.45) is 1.48. The lowest BCUT2D eigenvalue weighted by Crippen LogP contribution is -2.39. The van der Waals surface area contributed by atoms with E-state index < -0.39 is 0 Å². The van der Waals surface area contributed by atoms with Gasteiger partial charge in [0.1, 0.15) is 10.8 Å². The molecule has 1 aliphatic heterocycles. The van der Waals surface area contributed by atoms with Gasteiger partial charge in [-0.05, 0) is 25.0 Å². The largest absolute Gasteiger partial charge is 0.391 e. The number of aromatic nitrogens is 1. The van der Waals surface area contributed by atoms with Crippen LogP contribution in [-0.2, 0) is 0 Å². The Labute approximate surface area is 123 Å². The normalized spacial score (nSPS) is 19.2. The minimum atomic E-state index is -0.309. The van der Waals surface area contributed by atoms with Gasteiger partial charge in [0.05, 0.1) is 17.2 Å². The number of benzene rings is 1. The van der Waals surface area contributed by atoms with Crippen LogP contribution in [0.3, 0.4) is 0 Å². The van der Waals surface area contributed by atoms with Crippen molar-refractivity contribution in [3.05, 3.63) is 35.9 Å². The summed E-state index contributed by atoms with van der Waals surface area (Å²) >= 11 is 5.16. The Bertz CT molecular complexity index is 659. The van der Waals surface area contributed by atoms with Gasteiger partial charge in [-0.3, -0.25) is 0 Å². The molecule has 1 atom stereocenters. The first-order chi connectivity index (χ1) is 9.65. The van der Waals surface area contributed by atoms with Gasteiger partial charge in [-0.15, -0.1) is 0 Å². The average molecular weight is 287 g/mol. The van der Waals surface area contributed by atoms with Gasteiger partial charge in [0, 0.05) is 18.5 Å². The number of nitrogens with two attached hydrogens (primary N) is 1. The minimum Gasteiger partial charge on any atom is -0.391 e. The van der Waals surface area contributed by atoms with Crippen molar-refractivity contribution in [2.75, 3.05) is 18.0 Å². The summed E-state index contributed by atoms with van der Waals surface area (Å²) in [5, 5.41) is 10.9. The zero-order valence-corrected chi connectivity index (χ0v) is 11.9. The zero-order valence-electron chi connectivity index (χ0n) is 11.1. The van der Waals surface area contributed by atoms with Gasteiger partial charge in [-0.25, -0.2) is 4.98 Å². The van der Waals surface area contributed by atoms with Crippen LogP contribution in [0.5, 0.6) is 0 Å². The van der Waals surface area contributed by atoms with E-state index in [2.05, 4.69) is 4.90 Å². The molecule has 0 amide bonds. The van der Waals surface area contributed by atoms with Crippen molar-refractivity contribution in [2.45, 2.75) is 18.9 Å². The fourth-order valence-corrected chi connectivity index (χ4v) is 2.83. The molecule has 3 N–H and O–H groups in total. The van der Waals surface area contributed by atoms with Crippen LogP contribution in [0.1, 0.15) is 18.4 Å². The summed E-state index contributed by atoms with van der Waals surface area (Å²) in [5.41, 5.74) is 7.55. The summed E-state index contributed by atoms with van der Waals surface area (Å²) < 4.78 is 0. The number of anilines is 1. The summed E-state index contributed by atoms with van der Waals surface area (Å²) in [4.78, 5) is 7.13. The average Bonchev–Trinajstić information content (AvgIpc) is 2.46. The van der Waals surface area contributed by atoms with E-state index in [-0.39, 0.29) is 6.10 Å². The number of hydrogen-bond donors (Lipinski definition) is 2. The third-order valence-corrected chi connectivity index (χ3v) is 3.89. The van der Waals surface area contributed by atoms with Gasteiger partial charge in [-0.1, -0.05) is 30.4 Å². The number of pyridine rings is 1. The molecule has 0 aliphatic carbocycles. The van der Waals surface area contributed by atoms with Gasteiger partial charge in [-0.2, -0.15) is 0 Å². The lowest BCUT2D eigenvalue weighted by molar-refractivity contribution is 0.154. The molecule has 1 aromatic carbocycles. The maximum atomic E-state index is 9.85. The van der Waals surface area contributed by atoms with Crippen molar-refractivity contribution in [2.24, 2.45) is 5.73 Å². The van der Waals surface area contributed by atoms with Crippen molar-refractivity contribution in [3.8, 4) is 0 Å². The van der Waals surface area contributed by atoms with E-state index in [1.54, 1.807) is 0 Å². The van der Waals surface area contributed by atoms with E-state index in [0.29, 0.717) is 11.5 Å². The predicted octanol–water partition coefficient (Wildman–Crippen LogP) is 1.83. The van der Waals surface area contributed by atoms with Crippen molar-refractivity contribution >= 4 is 33.9 Å². The number of aliphatic hydroxyl groups is 1. The third-order valence-electron chi connectivity index (χ3n) is 3.67. The number of thiocarbonyl (C=S) groups is 1. The lowest BCUT2D eigenvalue weighted by Gasteiger charge is -2.32. The van der Waals surface area contributed by atoms with E-state index in [4.69, 9.17) is 22.9 Å². The first-order valence-electron chi connectivity index (χ1n) is 6.78. The van der Waals surface area contributed by atoms with E-state index in [9.17, 15) is 5.11 Å². The minimum absolute atomic E-state index is 0.309. The Hall–Kier alpha value is -1.72. The lowest BCUT2D eigenvalue weighted by atomic mass is 10.1. The molecule has 1 unspecified atom stereocenters. The van der Waals surface area contributed by atoms with Crippen LogP contribution in [0.4, 0.5) is 5.82 Å². The maximum absolute atomic E-state index is 9.85. The van der Waals surface area contributed by atoms with Crippen molar-refractivity contribution in [1.29, 1.82) is 0 Å².